The number of imide groups is 1. The monoisotopic (exact) mass is 418 g/mol. The highest BCUT2D eigenvalue weighted by Crippen LogP contribution is 2.32. The van der Waals surface area contributed by atoms with E-state index in [9.17, 15) is 9.59 Å². The molecule has 3 rings (SSSR count). The zero-order chi connectivity index (χ0) is 20.3. The van der Waals surface area contributed by atoms with Crippen molar-refractivity contribution in [2.75, 3.05) is 25.6 Å². The minimum atomic E-state index is -0.361. The molecule has 2 amide bonds. The van der Waals surface area contributed by atoms with Crippen molar-refractivity contribution in [1.82, 2.24) is 4.90 Å². The van der Waals surface area contributed by atoms with Crippen molar-refractivity contribution in [1.29, 1.82) is 0 Å². The number of rotatable bonds is 7. The van der Waals surface area contributed by atoms with Crippen LogP contribution in [-0.2, 0) is 14.3 Å². The Morgan fingerprint density at radius 3 is 2.32 bits per heavy atom. The number of aryl methyl sites for hydroxylation is 1. The van der Waals surface area contributed by atoms with Crippen molar-refractivity contribution < 1.29 is 14.3 Å². The molecule has 0 aromatic heterocycles. The second-order valence-corrected chi connectivity index (χ2v) is 7.32. The van der Waals surface area contributed by atoms with Crippen molar-refractivity contribution in [3.8, 4) is 0 Å². The summed E-state index contributed by atoms with van der Waals surface area (Å²) in [5.41, 5.74) is 2.79. The van der Waals surface area contributed by atoms with Crippen LogP contribution in [0.1, 0.15) is 17.5 Å². The summed E-state index contributed by atoms with van der Waals surface area (Å²) < 4.78 is 5.04. The van der Waals surface area contributed by atoms with Gasteiger partial charge in [0.2, 0.25) is 0 Å². The maximum absolute atomic E-state index is 13.0. The topological polar surface area (TPSA) is 58.6 Å². The fraction of sp³-hybridized carbons (Fsp3) is 0.238. The summed E-state index contributed by atoms with van der Waals surface area (Å²) in [4.78, 5) is 27.3. The van der Waals surface area contributed by atoms with Crippen LogP contribution in [0.3, 0.4) is 0 Å². The predicted octanol–water partition coefficient (Wildman–Crippen LogP) is 4.53. The molecular formula is C21H20Cl2N2O3. The van der Waals surface area contributed by atoms with Gasteiger partial charge in [-0.2, -0.15) is 0 Å². The lowest BCUT2D eigenvalue weighted by atomic mass is 10.0. The number of carbonyl (C=O) groups is 2. The van der Waals surface area contributed by atoms with Crippen molar-refractivity contribution in [2.45, 2.75) is 13.3 Å². The van der Waals surface area contributed by atoms with E-state index in [1.165, 1.54) is 4.90 Å². The Morgan fingerprint density at radius 2 is 1.68 bits per heavy atom. The van der Waals surface area contributed by atoms with Gasteiger partial charge in [-0.25, -0.2) is 0 Å². The van der Waals surface area contributed by atoms with Crippen LogP contribution in [0.15, 0.2) is 48.2 Å². The molecule has 0 atom stereocenters. The number of nitrogens with one attached hydrogen (secondary N) is 1. The Kier molecular flexibility index (Phi) is 6.39. The van der Waals surface area contributed by atoms with Crippen molar-refractivity contribution in [2.24, 2.45) is 0 Å². The number of ether oxygens (including phenoxy) is 1. The summed E-state index contributed by atoms with van der Waals surface area (Å²) in [5.74, 6) is -0.696. The van der Waals surface area contributed by atoms with Gasteiger partial charge in [-0.05, 0) is 54.8 Å². The number of nitrogens with zero attached hydrogens (tertiary/aromatic N) is 1. The lowest BCUT2D eigenvalue weighted by molar-refractivity contribution is -0.136. The third kappa shape index (κ3) is 4.22. The van der Waals surface area contributed by atoms with Crippen LogP contribution >= 0.6 is 23.2 Å². The minimum Gasteiger partial charge on any atom is -0.385 e. The third-order valence-electron chi connectivity index (χ3n) is 4.48. The molecule has 5 nitrogen and oxygen atoms in total. The maximum atomic E-state index is 13.0. The molecule has 2 aromatic carbocycles. The summed E-state index contributed by atoms with van der Waals surface area (Å²) in [6.07, 6.45) is 0.565. The van der Waals surface area contributed by atoms with Crippen LogP contribution in [0, 0.1) is 6.92 Å². The summed E-state index contributed by atoms with van der Waals surface area (Å²) >= 11 is 12.0. The lowest BCUT2D eigenvalue weighted by Crippen LogP contribution is -2.33. The minimum absolute atomic E-state index is 0.246. The van der Waals surface area contributed by atoms with E-state index < -0.39 is 0 Å². The van der Waals surface area contributed by atoms with Gasteiger partial charge in [-0.15, -0.1) is 0 Å². The molecule has 146 valence electrons. The highest BCUT2D eigenvalue weighted by Gasteiger charge is 2.38. The fourth-order valence-corrected chi connectivity index (χ4v) is 3.40. The van der Waals surface area contributed by atoms with Gasteiger partial charge in [0, 0.05) is 36.0 Å². The smallest absolute Gasteiger partial charge is 0.278 e. The molecule has 1 aliphatic heterocycles. The normalized spacial score (nSPS) is 14.2. The van der Waals surface area contributed by atoms with E-state index in [1.807, 2.05) is 6.92 Å². The Hall–Kier alpha value is -2.34. The lowest BCUT2D eigenvalue weighted by Gasteiger charge is -2.15. The summed E-state index contributed by atoms with van der Waals surface area (Å²) in [6, 6.07) is 12.2. The highest BCUT2D eigenvalue weighted by atomic mass is 35.5. The molecule has 2 aromatic rings. The van der Waals surface area contributed by atoms with Gasteiger partial charge in [0.15, 0.2) is 0 Å². The molecule has 0 fully saturated rings. The van der Waals surface area contributed by atoms with Crippen LogP contribution in [0.5, 0.6) is 0 Å². The van der Waals surface area contributed by atoms with Gasteiger partial charge in [0.1, 0.15) is 5.70 Å². The molecule has 0 unspecified atom stereocenters. The van der Waals surface area contributed by atoms with E-state index in [0.29, 0.717) is 39.9 Å². The Morgan fingerprint density at radius 1 is 1.00 bits per heavy atom. The number of anilines is 1. The van der Waals surface area contributed by atoms with Gasteiger partial charge in [0.05, 0.1) is 5.57 Å². The number of hydrogen-bond donors (Lipinski definition) is 1. The molecule has 0 radical (unpaired) electrons. The Labute approximate surface area is 173 Å². The van der Waals surface area contributed by atoms with Crippen LogP contribution in [0.2, 0.25) is 10.0 Å². The quantitative estimate of drug-likeness (QED) is 0.529. The van der Waals surface area contributed by atoms with E-state index in [1.54, 1.807) is 49.6 Å². The third-order valence-corrected chi connectivity index (χ3v) is 4.97. The largest absolute Gasteiger partial charge is 0.385 e. The first-order valence-electron chi connectivity index (χ1n) is 8.81. The molecule has 0 spiro atoms. The molecule has 1 N–H and O–H groups in total. The average Bonchev–Trinajstić information content (AvgIpc) is 2.89. The summed E-state index contributed by atoms with van der Waals surface area (Å²) in [5, 5.41) is 4.30. The number of hydrogen-bond acceptors (Lipinski definition) is 4. The van der Waals surface area contributed by atoms with E-state index in [0.717, 1.165) is 5.56 Å². The SMILES string of the molecule is COCCCN1C(=O)C(Nc2ccc(Cl)cc2C)=C(c2ccc(Cl)cc2)C1=O. The second kappa shape index (κ2) is 8.78. The first kappa shape index (κ1) is 20.4. The van der Waals surface area contributed by atoms with Crippen LogP contribution in [-0.4, -0.2) is 37.0 Å². The highest BCUT2D eigenvalue weighted by molar-refractivity contribution is 6.37. The summed E-state index contributed by atoms with van der Waals surface area (Å²) in [6.45, 7) is 2.63. The molecule has 0 aliphatic carbocycles. The number of halogens is 2. The number of carbonyl (C=O) groups excluding carboxylic acids is 2. The zero-order valence-electron chi connectivity index (χ0n) is 15.6. The van der Waals surface area contributed by atoms with E-state index >= 15 is 0 Å². The molecule has 0 saturated carbocycles. The molecule has 7 heteroatoms. The van der Waals surface area contributed by atoms with Crippen LogP contribution in [0.4, 0.5) is 5.69 Å². The molecule has 0 bridgehead atoms. The second-order valence-electron chi connectivity index (χ2n) is 6.45. The average molecular weight is 419 g/mol. The molecule has 0 saturated heterocycles. The van der Waals surface area contributed by atoms with Crippen molar-refractivity contribution in [3.63, 3.8) is 0 Å². The van der Waals surface area contributed by atoms with Crippen molar-refractivity contribution >= 4 is 46.3 Å². The molecular weight excluding hydrogens is 399 g/mol. The van der Waals surface area contributed by atoms with Gasteiger partial charge in [-0.3, -0.25) is 14.5 Å². The molecule has 1 heterocycles. The van der Waals surface area contributed by atoms with Crippen molar-refractivity contribution in [3.05, 3.63) is 69.3 Å². The molecule has 28 heavy (non-hydrogen) atoms. The van der Waals surface area contributed by atoms with Gasteiger partial charge >= 0.3 is 0 Å². The van der Waals surface area contributed by atoms with E-state index in [4.69, 9.17) is 27.9 Å². The number of benzene rings is 2. The standard InChI is InChI=1S/C21H20Cl2N2O3/c1-13-12-16(23)8-9-17(13)24-19-18(14-4-6-15(22)7-5-14)20(26)25(21(19)27)10-3-11-28-2/h4-9,12,24H,3,10-11H2,1-2H3. The Bertz CT molecular complexity index is 939. The zero-order valence-corrected chi connectivity index (χ0v) is 17.1. The first-order chi connectivity index (χ1) is 13.4. The van der Waals surface area contributed by atoms with Gasteiger partial charge in [-0.1, -0.05) is 35.3 Å². The van der Waals surface area contributed by atoms with E-state index in [-0.39, 0.29) is 24.1 Å². The number of methoxy groups -OCH3 is 1. The van der Waals surface area contributed by atoms with Crippen LogP contribution < -0.4 is 5.32 Å². The Balaban J connectivity index is 2.01. The van der Waals surface area contributed by atoms with Gasteiger partial charge < -0.3 is 10.1 Å². The van der Waals surface area contributed by atoms with Crippen LogP contribution in [0.25, 0.3) is 5.57 Å². The predicted molar refractivity (Wildman–Crippen MR) is 111 cm³/mol. The van der Waals surface area contributed by atoms with E-state index in [2.05, 4.69) is 5.32 Å². The molecule has 1 aliphatic rings. The van der Waals surface area contributed by atoms with Gasteiger partial charge in [0.25, 0.3) is 11.8 Å². The number of amides is 2. The first-order valence-corrected chi connectivity index (χ1v) is 9.56. The fourth-order valence-electron chi connectivity index (χ4n) is 3.05. The summed E-state index contributed by atoms with van der Waals surface area (Å²) in [7, 11) is 1.58. The maximum Gasteiger partial charge on any atom is 0.278 e.